The molecule has 1 aliphatic carbocycles. The first-order chi connectivity index (χ1) is 13.1. The minimum atomic E-state index is -0.888. The Balaban J connectivity index is 1.61. The van der Waals surface area contributed by atoms with Crippen LogP contribution in [0.2, 0.25) is 0 Å². The van der Waals surface area contributed by atoms with Crippen molar-refractivity contribution in [3.8, 4) is 17.3 Å². The van der Waals surface area contributed by atoms with Gasteiger partial charge in [0.1, 0.15) is 5.41 Å². The van der Waals surface area contributed by atoms with E-state index in [1.54, 1.807) is 34.2 Å². The third-order valence-corrected chi connectivity index (χ3v) is 5.88. The molecule has 2 atom stereocenters. The fourth-order valence-corrected chi connectivity index (χ4v) is 4.32. The van der Waals surface area contributed by atoms with Gasteiger partial charge in [-0.3, -0.25) is 14.8 Å². The highest BCUT2D eigenvalue weighted by atomic mass is 16.2. The minimum Gasteiger partial charge on any atom is -0.309 e. The van der Waals surface area contributed by atoms with Crippen LogP contribution < -0.4 is 4.90 Å². The van der Waals surface area contributed by atoms with Crippen LogP contribution in [0.5, 0.6) is 0 Å². The molecule has 5 rings (SSSR count). The van der Waals surface area contributed by atoms with Crippen LogP contribution in [0.1, 0.15) is 19.8 Å². The molecule has 3 aromatic heterocycles. The minimum absolute atomic E-state index is 0.00476. The Morgan fingerprint density at radius 1 is 1.30 bits per heavy atom. The summed E-state index contributed by atoms with van der Waals surface area (Å²) in [5, 5.41) is 14.2. The molecule has 1 saturated carbocycles. The smallest absolute Gasteiger partial charge is 0.248 e. The fraction of sp³-hybridized carbons (Fsp3) is 0.350. The predicted molar refractivity (Wildman–Crippen MR) is 98.5 cm³/mol. The third kappa shape index (κ3) is 2.19. The van der Waals surface area contributed by atoms with Gasteiger partial charge in [0.15, 0.2) is 0 Å². The molecule has 0 N–H and O–H groups in total. The number of nitriles is 1. The van der Waals surface area contributed by atoms with Gasteiger partial charge in [-0.25, -0.2) is 4.52 Å². The average Bonchev–Trinajstić information content (AvgIpc) is 3.39. The van der Waals surface area contributed by atoms with Crippen LogP contribution in [0.25, 0.3) is 16.8 Å². The maximum absolute atomic E-state index is 13.3. The molecule has 0 radical (unpaired) electrons. The molecular weight excluding hydrogens is 340 g/mol. The molecule has 1 amide bonds. The molecule has 3 aromatic rings. The van der Waals surface area contributed by atoms with Crippen molar-refractivity contribution >= 4 is 17.1 Å². The highest BCUT2D eigenvalue weighted by molar-refractivity contribution is 6.05. The largest absolute Gasteiger partial charge is 0.309 e. The van der Waals surface area contributed by atoms with Crippen LogP contribution in [0.4, 0.5) is 5.69 Å². The van der Waals surface area contributed by atoms with Gasteiger partial charge in [0.05, 0.1) is 29.2 Å². The van der Waals surface area contributed by atoms with Crippen LogP contribution in [0, 0.1) is 28.6 Å². The Bertz CT molecular complexity index is 1080. The zero-order chi connectivity index (χ0) is 18.6. The number of carbonyl (C=O) groups excluding carboxylic acids is 1. The van der Waals surface area contributed by atoms with Crippen molar-refractivity contribution in [2.75, 3.05) is 11.4 Å². The van der Waals surface area contributed by atoms with E-state index in [0.717, 1.165) is 35.3 Å². The van der Waals surface area contributed by atoms with Crippen LogP contribution in [-0.4, -0.2) is 32.0 Å². The van der Waals surface area contributed by atoms with Gasteiger partial charge in [-0.1, -0.05) is 6.92 Å². The predicted octanol–water partition coefficient (Wildman–Crippen LogP) is 2.69. The lowest BCUT2D eigenvalue weighted by atomic mass is 9.75. The molecule has 0 spiro atoms. The quantitative estimate of drug-likeness (QED) is 0.718. The average molecular weight is 358 g/mol. The first-order valence-electron chi connectivity index (χ1n) is 9.12. The lowest BCUT2D eigenvalue weighted by Crippen LogP contribution is -2.37. The van der Waals surface area contributed by atoms with E-state index in [0.29, 0.717) is 6.54 Å². The van der Waals surface area contributed by atoms with Gasteiger partial charge in [-0.05, 0) is 30.9 Å². The first-order valence-corrected chi connectivity index (χ1v) is 9.12. The molecule has 4 heterocycles. The van der Waals surface area contributed by atoms with Crippen molar-refractivity contribution in [3.63, 3.8) is 0 Å². The standard InChI is InChI=1S/C20H18N6O/c1-13-10-25(19(27)20(13,12-21)15-2-3-15)17-4-5-24-26-11-14(8-18(17)26)16-9-22-6-7-23-16/h4-9,11,13,15H,2-3,10H2,1H3/t13-,20+/m1/s1. The zero-order valence-electron chi connectivity index (χ0n) is 14.9. The normalized spacial score (nSPS) is 25.1. The number of hydrogen-bond donors (Lipinski definition) is 0. The van der Waals surface area contributed by atoms with Crippen molar-refractivity contribution in [2.24, 2.45) is 17.3 Å². The molecular formula is C20H18N6O. The maximum Gasteiger partial charge on any atom is 0.248 e. The monoisotopic (exact) mass is 358 g/mol. The molecule has 1 aliphatic heterocycles. The van der Waals surface area contributed by atoms with Gasteiger partial charge in [-0.15, -0.1) is 0 Å². The van der Waals surface area contributed by atoms with Crippen LogP contribution in [0.15, 0.2) is 43.1 Å². The number of nitrogens with zero attached hydrogens (tertiary/aromatic N) is 6. The molecule has 2 fully saturated rings. The van der Waals surface area contributed by atoms with Crippen molar-refractivity contribution in [2.45, 2.75) is 19.8 Å². The molecule has 27 heavy (non-hydrogen) atoms. The van der Waals surface area contributed by atoms with E-state index in [2.05, 4.69) is 21.1 Å². The Morgan fingerprint density at radius 3 is 2.85 bits per heavy atom. The highest BCUT2D eigenvalue weighted by Crippen LogP contribution is 2.54. The number of carbonyl (C=O) groups is 1. The lowest BCUT2D eigenvalue weighted by molar-refractivity contribution is -0.124. The molecule has 0 aromatic carbocycles. The molecule has 0 unspecified atom stereocenters. The summed E-state index contributed by atoms with van der Waals surface area (Å²) in [6, 6.07) is 6.20. The summed E-state index contributed by atoms with van der Waals surface area (Å²) in [4.78, 5) is 23.5. The number of anilines is 1. The van der Waals surface area contributed by atoms with E-state index in [4.69, 9.17) is 0 Å². The van der Waals surface area contributed by atoms with E-state index in [1.807, 2.05) is 25.3 Å². The van der Waals surface area contributed by atoms with Crippen molar-refractivity contribution in [3.05, 3.63) is 43.1 Å². The Hall–Kier alpha value is -3.27. The molecule has 134 valence electrons. The molecule has 7 nitrogen and oxygen atoms in total. The number of amides is 1. The van der Waals surface area contributed by atoms with Gasteiger partial charge in [0.25, 0.3) is 0 Å². The van der Waals surface area contributed by atoms with Crippen molar-refractivity contribution in [1.82, 2.24) is 19.6 Å². The first kappa shape index (κ1) is 15.9. The van der Waals surface area contributed by atoms with Gasteiger partial charge in [0.2, 0.25) is 5.91 Å². The van der Waals surface area contributed by atoms with Crippen molar-refractivity contribution in [1.29, 1.82) is 5.26 Å². The summed E-state index contributed by atoms with van der Waals surface area (Å²) in [5.74, 6) is 0.121. The highest BCUT2D eigenvalue weighted by Gasteiger charge is 2.61. The molecule has 0 bridgehead atoms. The summed E-state index contributed by atoms with van der Waals surface area (Å²) < 4.78 is 1.75. The summed E-state index contributed by atoms with van der Waals surface area (Å²) in [6.45, 7) is 2.56. The molecule has 2 aliphatic rings. The number of fused-ring (bicyclic) bond motifs is 1. The third-order valence-electron chi connectivity index (χ3n) is 5.88. The van der Waals surface area contributed by atoms with Crippen LogP contribution in [-0.2, 0) is 4.79 Å². The second-order valence-electron chi connectivity index (χ2n) is 7.44. The van der Waals surface area contributed by atoms with E-state index >= 15 is 0 Å². The van der Waals surface area contributed by atoms with Crippen LogP contribution >= 0.6 is 0 Å². The summed E-state index contributed by atoms with van der Waals surface area (Å²) in [7, 11) is 0. The Labute approximate surface area is 156 Å². The van der Waals surface area contributed by atoms with Gasteiger partial charge < -0.3 is 4.90 Å². The number of rotatable bonds is 3. The topological polar surface area (TPSA) is 87.2 Å². The van der Waals surface area contributed by atoms with E-state index in [9.17, 15) is 10.1 Å². The SMILES string of the molecule is C[C@@H]1CN(c2ccnn3cc(-c4cnccn4)cc23)C(=O)[C@]1(C#N)C1CC1. The van der Waals surface area contributed by atoms with Gasteiger partial charge in [0, 0.05) is 42.8 Å². The second-order valence-corrected chi connectivity index (χ2v) is 7.44. The summed E-state index contributed by atoms with van der Waals surface area (Å²) in [6.07, 6.45) is 10.5. The van der Waals surface area contributed by atoms with Gasteiger partial charge >= 0.3 is 0 Å². The Kier molecular flexibility index (Phi) is 3.31. The zero-order valence-corrected chi connectivity index (χ0v) is 14.9. The second kappa shape index (κ2) is 5.61. The number of hydrogen-bond acceptors (Lipinski definition) is 5. The van der Waals surface area contributed by atoms with E-state index in [1.165, 1.54) is 0 Å². The maximum atomic E-state index is 13.3. The fourth-order valence-electron chi connectivity index (χ4n) is 4.32. The van der Waals surface area contributed by atoms with Gasteiger partial charge in [-0.2, -0.15) is 10.4 Å². The van der Waals surface area contributed by atoms with E-state index < -0.39 is 5.41 Å². The summed E-state index contributed by atoms with van der Waals surface area (Å²) >= 11 is 0. The lowest BCUT2D eigenvalue weighted by Gasteiger charge is -2.23. The number of aromatic nitrogens is 4. The van der Waals surface area contributed by atoms with Crippen molar-refractivity contribution < 1.29 is 4.79 Å². The Morgan fingerprint density at radius 2 is 2.15 bits per heavy atom. The summed E-state index contributed by atoms with van der Waals surface area (Å²) in [5.41, 5.74) is 2.36. The van der Waals surface area contributed by atoms with E-state index in [-0.39, 0.29) is 17.7 Å². The molecule has 7 heteroatoms. The van der Waals surface area contributed by atoms with Crippen LogP contribution in [0.3, 0.4) is 0 Å². The molecule has 1 saturated heterocycles.